The van der Waals surface area contributed by atoms with Crippen molar-refractivity contribution in [1.82, 2.24) is 5.32 Å². The number of Topliss-reactive ketones (excluding diaryl/α,β-unsaturated/α-hetero) is 1. The number of halogens is 3. The Labute approximate surface area is 257 Å². The minimum absolute atomic E-state index is 0.00736. The van der Waals surface area contributed by atoms with Crippen LogP contribution in [0.25, 0.3) is 10.8 Å². The average Bonchev–Trinajstić information content (AvgIpc) is 2.96. The Bertz CT molecular complexity index is 1410. The third-order valence-corrected chi connectivity index (χ3v) is 7.83. The zero-order valence-electron chi connectivity index (χ0n) is 26.0. The van der Waals surface area contributed by atoms with Gasteiger partial charge in [-0.25, -0.2) is 4.79 Å². The number of amides is 1. The Morgan fingerprint density at radius 2 is 1.61 bits per heavy atom. The number of benzene rings is 3. The molecule has 1 saturated heterocycles. The molecular formula is C35H43F3N2O4. The van der Waals surface area contributed by atoms with Gasteiger partial charge in [-0.1, -0.05) is 38.0 Å². The van der Waals surface area contributed by atoms with Crippen LogP contribution in [0.4, 0.5) is 23.7 Å². The number of alkyl halides is 3. The van der Waals surface area contributed by atoms with Gasteiger partial charge in [0.15, 0.2) is 5.78 Å². The van der Waals surface area contributed by atoms with Gasteiger partial charge in [-0.15, -0.1) is 0 Å². The molecule has 4 rings (SSSR count). The van der Waals surface area contributed by atoms with Crippen molar-refractivity contribution >= 4 is 28.3 Å². The van der Waals surface area contributed by atoms with E-state index >= 15 is 0 Å². The van der Waals surface area contributed by atoms with Gasteiger partial charge >= 0.3 is 12.3 Å². The second-order valence-electron chi connectivity index (χ2n) is 12.6. The molecule has 1 atom stereocenters. The monoisotopic (exact) mass is 612 g/mol. The van der Waals surface area contributed by atoms with Crippen molar-refractivity contribution in [1.29, 1.82) is 0 Å². The van der Waals surface area contributed by atoms with Crippen LogP contribution in [-0.2, 0) is 10.9 Å². The molecule has 0 saturated carbocycles. The summed E-state index contributed by atoms with van der Waals surface area (Å²) < 4.78 is 50.3. The molecule has 3 aromatic rings. The summed E-state index contributed by atoms with van der Waals surface area (Å²) in [5.74, 6) is 0.956. The van der Waals surface area contributed by atoms with E-state index in [0.29, 0.717) is 38.0 Å². The maximum Gasteiger partial charge on any atom is 0.416 e. The fourth-order valence-corrected chi connectivity index (χ4v) is 5.59. The van der Waals surface area contributed by atoms with Crippen molar-refractivity contribution in [3.63, 3.8) is 0 Å². The molecule has 0 spiro atoms. The average molecular weight is 613 g/mol. The standard InChI is InChI=1S/C35H43F3N2O4/c1-5-6-24(15-18-39-33(42)44-34(2,3)4)21-32(41)26-8-7-25-9-14-31(23-27(25)22-26)43-30-16-19-40(20-17-30)29-12-10-28(11-13-29)35(36,37)38/h7-14,22-24,30H,5-6,15-21H2,1-4H3,(H,39,42). The molecule has 0 bridgehead atoms. The third kappa shape index (κ3) is 9.63. The van der Waals surface area contributed by atoms with E-state index in [1.165, 1.54) is 12.1 Å². The summed E-state index contributed by atoms with van der Waals surface area (Å²) in [6.07, 6.45) is -0.351. The van der Waals surface area contributed by atoms with Gasteiger partial charge in [0.25, 0.3) is 0 Å². The van der Waals surface area contributed by atoms with Gasteiger partial charge < -0.3 is 19.7 Å². The predicted octanol–water partition coefficient (Wildman–Crippen LogP) is 8.81. The van der Waals surface area contributed by atoms with Gasteiger partial charge in [-0.2, -0.15) is 13.2 Å². The number of hydrogen-bond acceptors (Lipinski definition) is 5. The smallest absolute Gasteiger partial charge is 0.416 e. The summed E-state index contributed by atoms with van der Waals surface area (Å²) in [6.45, 7) is 9.39. The minimum atomic E-state index is -4.34. The molecule has 0 aliphatic carbocycles. The Hall–Kier alpha value is -3.75. The van der Waals surface area contributed by atoms with Gasteiger partial charge in [0, 0.05) is 50.1 Å². The highest BCUT2D eigenvalue weighted by molar-refractivity contribution is 6.00. The van der Waals surface area contributed by atoms with Crippen molar-refractivity contribution in [3.8, 4) is 5.75 Å². The van der Waals surface area contributed by atoms with E-state index in [0.717, 1.165) is 60.0 Å². The number of fused-ring (bicyclic) bond motifs is 1. The molecule has 1 N–H and O–H groups in total. The molecule has 1 fully saturated rings. The van der Waals surface area contributed by atoms with Gasteiger partial charge in [0.1, 0.15) is 17.5 Å². The first-order chi connectivity index (χ1) is 20.8. The lowest BCUT2D eigenvalue weighted by Gasteiger charge is -2.34. The number of nitrogens with zero attached hydrogens (tertiary/aromatic N) is 1. The second kappa shape index (κ2) is 14.4. The molecule has 238 valence electrons. The van der Waals surface area contributed by atoms with Gasteiger partial charge in [-0.3, -0.25) is 4.79 Å². The fraction of sp³-hybridized carbons (Fsp3) is 0.486. The topological polar surface area (TPSA) is 67.9 Å². The number of anilines is 1. The Balaban J connectivity index is 1.32. The summed E-state index contributed by atoms with van der Waals surface area (Å²) in [5.41, 5.74) is 0.231. The van der Waals surface area contributed by atoms with Crippen LogP contribution in [-0.4, -0.2) is 43.2 Å². The molecule has 1 amide bonds. The molecule has 1 unspecified atom stereocenters. The van der Waals surface area contributed by atoms with Gasteiger partial charge in [0.05, 0.1) is 5.56 Å². The lowest BCUT2D eigenvalue weighted by molar-refractivity contribution is -0.137. The van der Waals surface area contributed by atoms with E-state index in [9.17, 15) is 22.8 Å². The first kappa shape index (κ1) is 33.1. The molecule has 0 aromatic heterocycles. The molecule has 3 aromatic carbocycles. The van der Waals surface area contributed by atoms with Crippen LogP contribution in [0, 0.1) is 5.92 Å². The summed E-state index contributed by atoms with van der Waals surface area (Å²) in [4.78, 5) is 27.3. The van der Waals surface area contributed by atoms with Crippen molar-refractivity contribution < 1.29 is 32.2 Å². The van der Waals surface area contributed by atoms with E-state index in [4.69, 9.17) is 9.47 Å². The van der Waals surface area contributed by atoms with Crippen molar-refractivity contribution in [2.75, 3.05) is 24.5 Å². The number of carbonyl (C=O) groups is 2. The normalized spacial score (nSPS) is 15.2. The zero-order chi connectivity index (χ0) is 31.9. The van der Waals surface area contributed by atoms with Crippen molar-refractivity contribution in [3.05, 3.63) is 71.8 Å². The Morgan fingerprint density at radius 1 is 0.932 bits per heavy atom. The summed E-state index contributed by atoms with van der Waals surface area (Å²) >= 11 is 0. The number of hydrogen-bond donors (Lipinski definition) is 1. The van der Waals surface area contributed by atoms with Crippen LogP contribution >= 0.6 is 0 Å². The van der Waals surface area contributed by atoms with Crippen molar-refractivity contribution in [2.24, 2.45) is 5.92 Å². The minimum Gasteiger partial charge on any atom is -0.490 e. The number of piperidine rings is 1. The van der Waals surface area contributed by atoms with Crippen LogP contribution < -0.4 is 15.0 Å². The summed E-state index contributed by atoms with van der Waals surface area (Å²) in [7, 11) is 0. The molecule has 1 heterocycles. The first-order valence-electron chi connectivity index (χ1n) is 15.4. The maximum absolute atomic E-state index is 13.3. The lowest BCUT2D eigenvalue weighted by Crippen LogP contribution is -2.38. The molecule has 9 heteroatoms. The molecule has 44 heavy (non-hydrogen) atoms. The van der Waals surface area contributed by atoms with E-state index in [-0.39, 0.29) is 17.8 Å². The number of ketones is 1. The van der Waals surface area contributed by atoms with Crippen LogP contribution in [0.5, 0.6) is 5.75 Å². The highest BCUT2D eigenvalue weighted by Gasteiger charge is 2.30. The van der Waals surface area contributed by atoms with Crippen LogP contribution in [0.1, 0.15) is 82.1 Å². The molecule has 0 radical (unpaired) electrons. The predicted molar refractivity (Wildman–Crippen MR) is 167 cm³/mol. The first-order valence-corrected chi connectivity index (χ1v) is 15.4. The van der Waals surface area contributed by atoms with Gasteiger partial charge in [-0.05, 0) is 86.3 Å². The quantitative estimate of drug-likeness (QED) is 0.219. The number of nitrogens with one attached hydrogen (secondary N) is 1. The molecule has 6 nitrogen and oxygen atoms in total. The summed E-state index contributed by atoms with van der Waals surface area (Å²) in [5, 5.41) is 4.73. The maximum atomic E-state index is 13.3. The number of rotatable bonds is 11. The highest BCUT2D eigenvalue weighted by atomic mass is 19.4. The van der Waals surface area contributed by atoms with E-state index < -0.39 is 23.4 Å². The Kier molecular flexibility index (Phi) is 10.8. The number of ether oxygens (including phenoxy) is 2. The van der Waals surface area contributed by atoms with E-state index in [2.05, 4.69) is 17.1 Å². The molecular weight excluding hydrogens is 569 g/mol. The van der Waals surface area contributed by atoms with E-state index in [1.54, 1.807) is 0 Å². The largest absolute Gasteiger partial charge is 0.490 e. The van der Waals surface area contributed by atoms with Crippen LogP contribution in [0.15, 0.2) is 60.7 Å². The Morgan fingerprint density at radius 3 is 2.25 bits per heavy atom. The molecule has 1 aliphatic heterocycles. The fourth-order valence-electron chi connectivity index (χ4n) is 5.59. The van der Waals surface area contributed by atoms with Gasteiger partial charge in [0.2, 0.25) is 0 Å². The van der Waals surface area contributed by atoms with Crippen LogP contribution in [0.2, 0.25) is 0 Å². The number of carbonyl (C=O) groups excluding carboxylic acids is 2. The SMILES string of the molecule is CCCC(CCNC(=O)OC(C)(C)C)CC(=O)c1ccc2ccc(OC3CCN(c4ccc(C(F)(F)F)cc4)CC3)cc2c1. The third-order valence-electron chi connectivity index (χ3n) is 7.83. The second-order valence-corrected chi connectivity index (χ2v) is 12.6. The summed E-state index contributed by atoms with van der Waals surface area (Å²) in [6, 6.07) is 16.9. The molecule has 1 aliphatic rings. The van der Waals surface area contributed by atoms with E-state index in [1.807, 2.05) is 57.2 Å². The zero-order valence-corrected chi connectivity index (χ0v) is 26.0. The van der Waals surface area contributed by atoms with Crippen molar-refractivity contribution in [2.45, 2.75) is 84.1 Å². The van der Waals surface area contributed by atoms with Crippen LogP contribution in [0.3, 0.4) is 0 Å². The number of alkyl carbamates (subject to hydrolysis) is 1. The lowest BCUT2D eigenvalue weighted by atomic mass is 9.91. The highest BCUT2D eigenvalue weighted by Crippen LogP contribution is 2.32.